The predicted molar refractivity (Wildman–Crippen MR) is 64.6 cm³/mol. The molecular weight excluding hydrogens is 244 g/mol. The molecule has 6 heteroatoms. The fraction of sp³-hybridized carbons (Fsp3) is 0.500. The maximum absolute atomic E-state index is 11.6. The van der Waals surface area contributed by atoms with Gasteiger partial charge in [0.05, 0.1) is 6.07 Å². The second-order valence-electron chi connectivity index (χ2n) is 3.56. The van der Waals surface area contributed by atoms with Gasteiger partial charge in [-0.2, -0.15) is 5.26 Å². The molecule has 16 heavy (non-hydrogen) atoms. The van der Waals surface area contributed by atoms with Crippen molar-refractivity contribution in [3.8, 4) is 6.07 Å². The van der Waals surface area contributed by atoms with Crippen molar-refractivity contribution >= 4 is 21.4 Å². The Balaban J connectivity index is 2.68. The highest BCUT2D eigenvalue weighted by Gasteiger charge is 2.23. The van der Waals surface area contributed by atoms with Crippen LogP contribution in [0.15, 0.2) is 17.5 Å². The highest BCUT2D eigenvalue weighted by molar-refractivity contribution is 7.89. The second-order valence-corrected chi connectivity index (χ2v) is 6.62. The first-order valence-corrected chi connectivity index (χ1v) is 7.31. The van der Waals surface area contributed by atoms with Crippen LogP contribution in [0.25, 0.3) is 0 Å². The molecule has 1 aromatic heterocycles. The Hall–Kier alpha value is -0.900. The van der Waals surface area contributed by atoms with Crippen molar-refractivity contribution in [3.05, 3.63) is 22.4 Å². The van der Waals surface area contributed by atoms with E-state index in [0.717, 1.165) is 4.88 Å². The maximum atomic E-state index is 11.6. The topological polar surface area (TPSA) is 61.2 Å². The average Bonchev–Trinajstić information content (AvgIpc) is 2.69. The lowest BCUT2D eigenvalue weighted by Crippen LogP contribution is -2.37. The summed E-state index contributed by atoms with van der Waals surface area (Å²) in [5, 5.41) is 10.4. The van der Waals surface area contributed by atoms with Crippen LogP contribution in [0.3, 0.4) is 0 Å². The Morgan fingerprint density at radius 3 is 2.81 bits per heavy atom. The molecule has 0 spiro atoms. The Bertz CT molecular complexity index is 460. The first-order chi connectivity index (χ1) is 7.47. The molecule has 0 fully saturated rings. The Morgan fingerprint density at radius 2 is 2.31 bits per heavy atom. The Labute approximate surface area is 100 Å². The molecule has 0 aliphatic heterocycles. The van der Waals surface area contributed by atoms with Gasteiger partial charge < -0.3 is 0 Å². The van der Waals surface area contributed by atoms with Crippen molar-refractivity contribution in [3.63, 3.8) is 0 Å². The minimum absolute atomic E-state index is 0.128. The van der Waals surface area contributed by atoms with Crippen LogP contribution in [-0.4, -0.2) is 31.6 Å². The van der Waals surface area contributed by atoms with Gasteiger partial charge in [0.2, 0.25) is 10.0 Å². The summed E-state index contributed by atoms with van der Waals surface area (Å²) in [7, 11) is -1.92. The summed E-state index contributed by atoms with van der Waals surface area (Å²) >= 11 is 1.61. The highest BCUT2D eigenvalue weighted by atomic mass is 32.2. The average molecular weight is 258 g/mol. The first kappa shape index (κ1) is 13.2. The summed E-state index contributed by atoms with van der Waals surface area (Å²) in [6, 6.07) is 5.47. The molecule has 0 aliphatic carbocycles. The molecule has 1 aromatic rings. The minimum Gasteiger partial charge on any atom is -0.211 e. The van der Waals surface area contributed by atoms with E-state index >= 15 is 0 Å². The lowest BCUT2D eigenvalue weighted by atomic mass is 10.2. The maximum Gasteiger partial charge on any atom is 0.227 e. The molecular formula is C10H14N2O2S2. The third-order valence-corrected chi connectivity index (χ3v) is 5.01. The number of hydrogen-bond acceptors (Lipinski definition) is 4. The molecule has 0 saturated heterocycles. The first-order valence-electron chi connectivity index (χ1n) is 4.82. The molecule has 0 N–H and O–H groups in total. The molecule has 1 atom stereocenters. The molecule has 1 rings (SSSR count). The van der Waals surface area contributed by atoms with Crippen molar-refractivity contribution in [1.29, 1.82) is 5.26 Å². The summed E-state index contributed by atoms with van der Waals surface area (Å²) in [4.78, 5) is 1.14. The number of nitriles is 1. The molecule has 4 nitrogen and oxygen atoms in total. The number of nitrogens with zero attached hydrogens (tertiary/aromatic N) is 2. The van der Waals surface area contributed by atoms with Gasteiger partial charge in [-0.3, -0.25) is 0 Å². The summed E-state index contributed by atoms with van der Waals surface area (Å²) < 4.78 is 24.5. The molecule has 0 bridgehead atoms. The molecule has 1 unspecified atom stereocenters. The van der Waals surface area contributed by atoms with Gasteiger partial charge in [-0.05, 0) is 24.8 Å². The quantitative estimate of drug-likeness (QED) is 0.803. The van der Waals surface area contributed by atoms with E-state index in [1.54, 1.807) is 17.4 Å². The van der Waals surface area contributed by atoms with E-state index in [0.29, 0.717) is 6.42 Å². The van der Waals surface area contributed by atoms with Crippen LogP contribution < -0.4 is 0 Å². The van der Waals surface area contributed by atoms with E-state index in [9.17, 15) is 8.42 Å². The van der Waals surface area contributed by atoms with Crippen LogP contribution in [0.2, 0.25) is 0 Å². The number of likely N-dealkylation sites (N-methyl/N-ethyl adjacent to an activating group) is 1. The van der Waals surface area contributed by atoms with Gasteiger partial charge in [-0.15, -0.1) is 11.3 Å². The summed E-state index contributed by atoms with van der Waals surface area (Å²) in [5.41, 5.74) is 0. The molecule has 0 saturated carbocycles. The Morgan fingerprint density at radius 1 is 1.62 bits per heavy atom. The summed E-state index contributed by atoms with van der Waals surface area (Å²) in [5.74, 6) is -0.460. The van der Waals surface area contributed by atoms with Gasteiger partial charge in [-0.1, -0.05) is 6.07 Å². The van der Waals surface area contributed by atoms with Gasteiger partial charge in [0.25, 0.3) is 0 Å². The highest BCUT2D eigenvalue weighted by Crippen LogP contribution is 2.15. The van der Waals surface area contributed by atoms with E-state index in [1.807, 2.05) is 24.4 Å². The lowest BCUT2D eigenvalue weighted by molar-refractivity contribution is 0.390. The normalized spacial score (nSPS) is 13.6. The number of rotatable bonds is 5. The van der Waals surface area contributed by atoms with E-state index in [2.05, 4.69) is 0 Å². The predicted octanol–water partition coefficient (Wildman–Crippen LogP) is 1.46. The largest absolute Gasteiger partial charge is 0.227 e. The SMILES string of the molecule is CC(Cc1cccs1)N(C)S(=O)(=O)CC#N. The third-order valence-electron chi connectivity index (χ3n) is 2.38. The lowest BCUT2D eigenvalue weighted by Gasteiger charge is -2.22. The van der Waals surface area contributed by atoms with Crippen molar-refractivity contribution in [2.75, 3.05) is 12.8 Å². The monoisotopic (exact) mass is 258 g/mol. The summed E-state index contributed by atoms with van der Waals surface area (Å²) in [6.07, 6.45) is 0.679. The van der Waals surface area contributed by atoms with Gasteiger partial charge in [0, 0.05) is 18.0 Å². The van der Waals surface area contributed by atoms with Crippen molar-refractivity contribution in [2.24, 2.45) is 0 Å². The number of thiophene rings is 1. The van der Waals surface area contributed by atoms with E-state index in [1.165, 1.54) is 11.4 Å². The molecule has 0 aliphatic rings. The Kier molecular flexibility index (Phi) is 4.47. The van der Waals surface area contributed by atoms with E-state index < -0.39 is 15.8 Å². The van der Waals surface area contributed by atoms with E-state index in [-0.39, 0.29) is 6.04 Å². The second kappa shape index (κ2) is 5.43. The van der Waals surface area contributed by atoms with Gasteiger partial charge >= 0.3 is 0 Å². The van der Waals surface area contributed by atoms with Crippen LogP contribution in [0.1, 0.15) is 11.8 Å². The van der Waals surface area contributed by atoms with Crippen molar-refractivity contribution in [1.82, 2.24) is 4.31 Å². The van der Waals surface area contributed by atoms with Gasteiger partial charge in [0.15, 0.2) is 5.75 Å². The van der Waals surface area contributed by atoms with Crippen molar-refractivity contribution in [2.45, 2.75) is 19.4 Å². The minimum atomic E-state index is -3.44. The molecule has 0 radical (unpaired) electrons. The van der Waals surface area contributed by atoms with Gasteiger partial charge in [0.1, 0.15) is 0 Å². The standard InChI is InChI=1S/C10H14N2O2S2/c1-9(8-10-4-3-6-15-10)12(2)16(13,14)7-5-11/h3-4,6,9H,7-8H2,1-2H3. The van der Waals surface area contributed by atoms with Crippen LogP contribution in [0.4, 0.5) is 0 Å². The van der Waals surface area contributed by atoms with Gasteiger partial charge in [-0.25, -0.2) is 12.7 Å². The number of sulfonamides is 1. The molecule has 0 amide bonds. The van der Waals surface area contributed by atoms with Crippen LogP contribution in [-0.2, 0) is 16.4 Å². The zero-order valence-electron chi connectivity index (χ0n) is 9.25. The smallest absolute Gasteiger partial charge is 0.211 e. The fourth-order valence-electron chi connectivity index (χ4n) is 1.31. The van der Waals surface area contributed by atoms with E-state index in [4.69, 9.17) is 5.26 Å². The summed E-state index contributed by atoms with van der Waals surface area (Å²) in [6.45, 7) is 1.84. The fourth-order valence-corrected chi connectivity index (χ4v) is 3.12. The van der Waals surface area contributed by atoms with Crippen LogP contribution in [0.5, 0.6) is 0 Å². The third kappa shape index (κ3) is 3.30. The van der Waals surface area contributed by atoms with Crippen molar-refractivity contribution < 1.29 is 8.42 Å². The molecule has 0 aromatic carbocycles. The zero-order chi connectivity index (χ0) is 12.2. The zero-order valence-corrected chi connectivity index (χ0v) is 10.9. The van der Waals surface area contributed by atoms with Crippen LogP contribution >= 0.6 is 11.3 Å². The van der Waals surface area contributed by atoms with Crippen LogP contribution in [0, 0.1) is 11.3 Å². The molecule has 1 heterocycles. The number of hydrogen-bond donors (Lipinski definition) is 0. The molecule has 88 valence electrons.